The van der Waals surface area contributed by atoms with Gasteiger partial charge < -0.3 is 20.5 Å². The third-order valence-corrected chi connectivity index (χ3v) is 3.47. The van der Waals surface area contributed by atoms with E-state index in [1.165, 1.54) is 0 Å². The SMILES string of the molecule is CC(CNC(=O)C1(N)CCOCC1)Oc1ccccc1.Cl. The van der Waals surface area contributed by atoms with Crippen molar-refractivity contribution in [3.05, 3.63) is 30.3 Å². The van der Waals surface area contributed by atoms with E-state index in [-0.39, 0.29) is 24.4 Å². The quantitative estimate of drug-likeness (QED) is 0.864. The zero-order chi connectivity index (χ0) is 14.4. The van der Waals surface area contributed by atoms with Crippen molar-refractivity contribution in [3.8, 4) is 5.75 Å². The van der Waals surface area contributed by atoms with Gasteiger partial charge in [0.15, 0.2) is 0 Å². The van der Waals surface area contributed by atoms with Gasteiger partial charge in [-0.05, 0) is 31.9 Å². The Morgan fingerprint density at radius 3 is 2.62 bits per heavy atom. The third-order valence-electron chi connectivity index (χ3n) is 3.47. The molecule has 0 saturated carbocycles. The fourth-order valence-corrected chi connectivity index (χ4v) is 2.15. The van der Waals surface area contributed by atoms with Crippen LogP contribution in [0.25, 0.3) is 0 Å². The number of rotatable bonds is 5. The van der Waals surface area contributed by atoms with Crippen LogP contribution in [-0.2, 0) is 9.53 Å². The minimum Gasteiger partial charge on any atom is -0.489 e. The smallest absolute Gasteiger partial charge is 0.240 e. The number of para-hydroxylation sites is 1. The molecule has 2 rings (SSSR count). The summed E-state index contributed by atoms with van der Waals surface area (Å²) in [6, 6.07) is 9.54. The van der Waals surface area contributed by atoms with Gasteiger partial charge in [-0.1, -0.05) is 18.2 Å². The Bertz CT molecular complexity index is 436. The Labute approximate surface area is 131 Å². The second-order valence-corrected chi connectivity index (χ2v) is 5.22. The normalized spacial score (nSPS) is 18.2. The van der Waals surface area contributed by atoms with Crippen LogP contribution in [0.2, 0.25) is 0 Å². The van der Waals surface area contributed by atoms with Crippen LogP contribution < -0.4 is 15.8 Å². The van der Waals surface area contributed by atoms with Crippen LogP contribution >= 0.6 is 12.4 Å². The average Bonchev–Trinajstić information content (AvgIpc) is 2.46. The van der Waals surface area contributed by atoms with E-state index in [0.29, 0.717) is 32.6 Å². The Morgan fingerprint density at radius 2 is 2.00 bits per heavy atom. The molecule has 0 aromatic heterocycles. The maximum atomic E-state index is 12.1. The first-order chi connectivity index (χ1) is 9.60. The van der Waals surface area contributed by atoms with Crippen LogP contribution in [0.3, 0.4) is 0 Å². The topological polar surface area (TPSA) is 73.6 Å². The number of benzene rings is 1. The lowest BCUT2D eigenvalue weighted by Crippen LogP contribution is -2.57. The molecule has 118 valence electrons. The highest BCUT2D eigenvalue weighted by Gasteiger charge is 2.35. The molecule has 5 nitrogen and oxygen atoms in total. The van der Waals surface area contributed by atoms with Gasteiger partial charge in [0, 0.05) is 13.2 Å². The Morgan fingerprint density at radius 1 is 1.38 bits per heavy atom. The predicted molar refractivity (Wildman–Crippen MR) is 83.8 cm³/mol. The molecule has 1 heterocycles. The van der Waals surface area contributed by atoms with Gasteiger partial charge in [0.05, 0.1) is 12.1 Å². The Hall–Kier alpha value is -1.30. The number of hydrogen-bond acceptors (Lipinski definition) is 4. The van der Waals surface area contributed by atoms with Gasteiger partial charge in [-0.15, -0.1) is 12.4 Å². The van der Waals surface area contributed by atoms with Crippen LogP contribution in [0.15, 0.2) is 30.3 Å². The molecule has 1 aliphatic heterocycles. The molecule has 1 aromatic carbocycles. The van der Waals surface area contributed by atoms with E-state index in [9.17, 15) is 4.79 Å². The summed E-state index contributed by atoms with van der Waals surface area (Å²) >= 11 is 0. The van der Waals surface area contributed by atoms with Crippen LogP contribution in [0.5, 0.6) is 5.75 Å². The molecule has 0 bridgehead atoms. The molecule has 3 N–H and O–H groups in total. The third kappa shape index (κ3) is 5.19. The molecule has 1 fully saturated rings. The molecule has 1 amide bonds. The number of nitrogens with two attached hydrogens (primary N) is 1. The summed E-state index contributed by atoms with van der Waals surface area (Å²) in [6.45, 7) is 3.44. The van der Waals surface area contributed by atoms with Crippen LogP contribution in [0, 0.1) is 0 Å². The lowest BCUT2D eigenvalue weighted by molar-refractivity contribution is -0.130. The second kappa shape index (κ2) is 8.22. The summed E-state index contributed by atoms with van der Waals surface area (Å²) in [4.78, 5) is 12.1. The van der Waals surface area contributed by atoms with Crippen LogP contribution in [-0.4, -0.2) is 37.3 Å². The molecule has 0 aliphatic carbocycles. The van der Waals surface area contributed by atoms with Gasteiger partial charge in [-0.2, -0.15) is 0 Å². The average molecular weight is 315 g/mol. The van der Waals surface area contributed by atoms with Crippen molar-refractivity contribution in [2.24, 2.45) is 5.73 Å². The predicted octanol–water partition coefficient (Wildman–Crippen LogP) is 1.50. The van der Waals surface area contributed by atoms with E-state index in [1.54, 1.807) is 0 Å². The van der Waals surface area contributed by atoms with E-state index in [4.69, 9.17) is 15.2 Å². The van der Waals surface area contributed by atoms with E-state index >= 15 is 0 Å². The Kier molecular flexibility index (Phi) is 6.95. The highest BCUT2D eigenvalue weighted by molar-refractivity contribution is 5.86. The zero-order valence-electron chi connectivity index (χ0n) is 12.2. The van der Waals surface area contributed by atoms with Crippen molar-refractivity contribution in [2.75, 3.05) is 19.8 Å². The molecular weight excluding hydrogens is 292 g/mol. The largest absolute Gasteiger partial charge is 0.489 e. The molecule has 1 saturated heterocycles. The van der Waals surface area contributed by atoms with Crippen molar-refractivity contribution in [2.45, 2.75) is 31.4 Å². The zero-order valence-corrected chi connectivity index (χ0v) is 13.0. The van der Waals surface area contributed by atoms with Gasteiger partial charge in [0.25, 0.3) is 0 Å². The van der Waals surface area contributed by atoms with E-state index in [1.807, 2.05) is 37.3 Å². The summed E-state index contributed by atoms with van der Waals surface area (Å²) in [5, 5.41) is 2.87. The molecule has 1 unspecified atom stereocenters. The Balaban J connectivity index is 0.00000220. The molecule has 1 aliphatic rings. The van der Waals surface area contributed by atoms with Gasteiger partial charge in [-0.25, -0.2) is 0 Å². The molecular formula is C15H23ClN2O3. The van der Waals surface area contributed by atoms with E-state index in [0.717, 1.165) is 5.75 Å². The molecule has 1 aromatic rings. The van der Waals surface area contributed by atoms with Crippen molar-refractivity contribution < 1.29 is 14.3 Å². The lowest BCUT2D eigenvalue weighted by Gasteiger charge is -2.32. The number of hydrogen-bond donors (Lipinski definition) is 2. The first-order valence-electron chi connectivity index (χ1n) is 6.97. The summed E-state index contributed by atoms with van der Waals surface area (Å²) in [5.41, 5.74) is 5.31. The fourth-order valence-electron chi connectivity index (χ4n) is 2.15. The van der Waals surface area contributed by atoms with Gasteiger partial charge >= 0.3 is 0 Å². The number of amides is 1. The number of nitrogens with one attached hydrogen (secondary N) is 1. The van der Waals surface area contributed by atoms with Crippen LogP contribution in [0.4, 0.5) is 0 Å². The summed E-state index contributed by atoms with van der Waals surface area (Å²) in [6.07, 6.45) is 1.02. The van der Waals surface area contributed by atoms with Crippen molar-refractivity contribution in [1.82, 2.24) is 5.32 Å². The van der Waals surface area contributed by atoms with Gasteiger partial charge in [0.1, 0.15) is 11.9 Å². The summed E-state index contributed by atoms with van der Waals surface area (Å²) < 4.78 is 10.9. The number of carbonyl (C=O) groups is 1. The maximum Gasteiger partial charge on any atom is 0.240 e. The van der Waals surface area contributed by atoms with Gasteiger partial charge in [-0.3, -0.25) is 4.79 Å². The van der Waals surface area contributed by atoms with Crippen molar-refractivity contribution >= 4 is 18.3 Å². The van der Waals surface area contributed by atoms with Gasteiger partial charge in [0.2, 0.25) is 5.91 Å². The molecule has 0 radical (unpaired) electrons. The lowest BCUT2D eigenvalue weighted by atomic mass is 9.90. The minimum atomic E-state index is -0.801. The van der Waals surface area contributed by atoms with E-state index < -0.39 is 5.54 Å². The number of halogens is 1. The molecule has 6 heteroatoms. The first kappa shape index (κ1) is 17.8. The summed E-state index contributed by atoms with van der Waals surface area (Å²) in [7, 11) is 0. The highest BCUT2D eigenvalue weighted by Crippen LogP contribution is 2.17. The number of ether oxygens (including phenoxy) is 2. The second-order valence-electron chi connectivity index (χ2n) is 5.22. The standard InChI is InChI=1S/C15H22N2O3.ClH/c1-12(20-13-5-3-2-4-6-13)11-17-14(18)15(16)7-9-19-10-8-15;/h2-6,12H,7-11,16H2,1H3,(H,17,18);1H. The maximum absolute atomic E-state index is 12.1. The van der Waals surface area contributed by atoms with E-state index in [2.05, 4.69) is 5.32 Å². The first-order valence-corrected chi connectivity index (χ1v) is 6.97. The minimum absolute atomic E-state index is 0. The number of carbonyl (C=O) groups excluding carboxylic acids is 1. The summed E-state index contributed by atoms with van der Waals surface area (Å²) in [5.74, 6) is 0.673. The monoisotopic (exact) mass is 314 g/mol. The fraction of sp³-hybridized carbons (Fsp3) is 0.533. The molecule has 21 heavy (non-hydrogen) atoms. The van der Waals surface area contributed by atoms with Crippen LogP contribution in [0.1, 0.15) is 19.8 Å². The van der Waals surface area contributed by atoms with Crippen molar-refractivity contribution in [1.29, 1.82) is 0 Å². The molecule has 0 spiro atoms. The molecule has 1 atom stereocenters. The highest BCUT2D eigenvalue weighted by atomic mass is 35.5. The van der Waals surface area contributed by atoms with Crippen molar-refractivity contribution in [3.63, 3.8) is 0 Å².